The van der Waals surface area contributed by atoms with Gasteiger partial charge in [0.2, 0.25) is 0 Å². The van der Waals surface area contributed by atoms with Crippen molar-refractivity contribution in [1.29, 1.82) is 0 Å². The fourth-order valence-corrected chi connectivity index (χ4v) is 5.27. The van der Waals surface area contributed by atoms with E-state index in [1.807, 2.05) is 35.2 Å². The van der Waals surface area contributed by atoms with Crippen molar-refractivity contribution in [1.82, 2.24) is 9.80 Å². The minimum Gasteiger partial charge on any atom is -0.497 e. The molecule has 2 atom stereocenters. The smallest absolute Gasteiger partial charge is 0.257 e. The molecule has 0 aliphatic carbocycles. The number of hydrogen-bond donors (Lipinski definition) is 0. The van der Waals surface area contributed by atoms with Crippen LogP contribution in [0.1, 0.15) is 53.6 Å². The molecule has 4 rings (SSSR count). The zero-order valence-electron chi connectivity index (χ0n) is 20.8. The number of nitrogens with zero attached hydrogens (tertiary/aromatic N) is 2. The Morgan fingerprint density at radius 2 is 1.85 bits per heavy atom. The monoisotopic (exact) mass is 466 g/mol. The largest absolute Gasteiger partial charge is 0.497 e. The Morgan fingerprint density at radius 3 is 2.65 bits per heavy atom. The lowest BCUT2D eigenvalue weighted by atomic mass is 9.93. The van der Waals surface area contributed by atoms with Gasteiger partial charge in [0, 0.05) is 26.7 Å². The number of rotatable bonds is 4. The molecule has 0 unspecified atom stereocenters. The number of para-hydroxylation sites is 1. The maximum absolute atomic E-state index is 13.6. The van der Waals surface area contributed by atoms with Gasteiger partial charge in [-0.15, -0.1) is 0 Å². The molecule has 0 N–H and O–H groups in total. The molecule has 2 heterocycles. The molecule has 2 aromatic carbocycles. The Balaban J connectivity index is 1.55. The highest BCUT2D eigenvalue weighted by atomic mass is 16.5. The predicted molar refractivity (Wildman–Crippen MR) is 134 cm³/mol. The molecule has 6 nitrogen and oxygen atoms in total. The Labute approximate surface area is 203 Å². The molecule has 184 valence electrons. The number of ether oxygens (including phenoxy) is 3. The quantitative estimate of drug-likeness (QED) is 0.654. The molecular formula is C28H38N2O4. The van der Waals surface area contributed by atoms with Crippen molar-refractivity contribution in [3.05, 3.63) is 59.2 Å². The third-order valence-corrected chi connectivity index (χ3v) is 7.23. The summed E-state index contributed by atoms with van der Waals surface area (Å²) in [6.45, 7) is 6.14. The number of methoxy groups -OCH3 is 2. The van der Waals surface area contributed by atoms with Crippen LogP contribution < -0.4 is 9.47 Å². The number of carbonyl (C=O) groups excluding carboxylic acids is 1. The van der Waals surface area contributed by atoms with Gasteiger partial charge in [0.15, 0.2) is 0 Å². The minimum atomic E-state index is 0.0623. The number of amides is 1. The Kier molecular flexibility index (Phi) is 8.46. The lowest BCUT2D eigenvalue weighted by Gasteiger charge is -2.41. The normalized spacial score (nSPS) is 22.4. The van der Waals surface area contributed by atoms with Crippen molar-refractivity contribution in [2.45, 2.75) is 57.7 Å². The fourth-order valence-electron chi connectivity index (χ4n) is 5.27. The highest BCUT2D eigenvalue weighted by molar-refractivity contribution is 5.97. The van der Waals surface area contributed by atoms with E-state index in [9.17, 15) is 4.79 Å². The van der Waals surface area contributed by atoms with Crippen molar-refractivity contribution < 1.29 is 19.0 Å². The summed E-state index contributed by atoms with van der Waals surface area (Å²) in [5.74, 6) is 1.62. The van der Waals surface area contributed by atoms with Crippen LogP contribution in [0.15, 0.2) is 42.5 Å². The van der Waals surface area contributed by atoms with E-state index in [0.29, 0.717) is 17.9 Å². The first-order valence-electron chi connectivity index (χ1n) is 12.5. The first-order valence-corrected chi connectivity index (χ1v) is 12.5. The number of fused-ring (bicyclic) bond motifs is 2. The molecule has 0 spiro atoms. The van der Waals surface area contributed by atoms with Crippen LogP contribution in [0, 0.1) is 6.92 Å². The Hall–Kier alpha value is -2.57. The molecule has 6 heteroatoms. The molecule has 1 amide bonds. The average Bonchev–Trinajstić information content (AvgIpc) is 2.87. The van der Waals surface area contributed by atoms with Gasteiger partial charge in [-0.25, -0.2) is 0 Å². The van der Waals surface area contributed by atoms with Gasteiger partial charge in [0.05, 0.1) is 24.8 Å². The van der Waals surface area contributed by atoms with Gasteiger partial charge >= 0.3 is 0 Å². The summed E-state index contributed by atoms with van der Waals surface area (Å²) in [5, 5.41) is 0. The highest BCUT2D eigenvalue weighted by Gasteiger charge is 2.35. The van der Waals surface area contributed by atoms with Crippen LogP contribution in [0.2, 0.25) is 0 Å². The summed E-state index contributed by atoms with van der Waals surface area (Å²) >= 11 is 0. The van der Waals surface area contributed by atoms with Crippen LogP contribution in [0.4, 0.5) is 0 Å². The number of carbonyl (C=O) groups is 1. The first-order chi connectivity index (χ1) is 16.6. The number of benzene rings is 2. The molecule has 2 aliphatic heterocycles. The Bertz CT molecular complexity index is 963. The SMILES string of the molecule is COc1ccc(CN2CCCC[C@H]3[C@@H](OC)CCCN3C(=O)c3ccccc3OCC2)c(C)c1. The lowest BCUT2D eigenvalue weighted by Crippen LogP contribution is -2.51. The molecule has 0 aromatic heterocycles. The molecule has 1 saturated heterocycles. The van der Waals surface area contributed by atoms with E-state index in [0.717, 1.165) is 64.0 Å². The molecule has 0 radical (unpaired) electrons. The minimum absolute atomic E-state index is 0.0623. The average molecular weight is 467 g/mol. The van der Waals surface area contributed by atoms with E-state index in [1.54, 1.807) is 14.2 Å². The van der Waals surface area contributed by atoms with Gasteiger partial charge in [-0.05, 0) is 74.5 Å². The van der Waals surface area contributed by atoms with E-state index < -0.39 is 0 Å². The van der Waals surface area contributed by atoms with E-state index in [2.05, 4.69) is 24.0 Å². The lowest BCUT2D eigenvalue weighted by molar-refractivity contribution is -0.0155. The summed E-state index contributed by atoms with van der Waals surface area (Å²) < 4.78 is 17.4. The van der Waals surface area contributed by atoms with Crippen LogP contribution >= 0.6 is 0 Å². The summed E-state index contributed by atoms with van der Waals surface area (Å²) in [6.07, 6.45) is 5.17. The van der Waals surface area contributed by atoms with Gasteiger partial charge in [0.1, 0.15) is 18.1 Å². The third kappa shape index (κ3) is 5.73. The summed E-state index contributed by atoms with van der Waals surface area (Å²) in [4.78, 5) is 18.1. The maximum Gasteiger partial charge on any atom is 0.257 e. The zero-order valence-corrected chi connectivity index (χ0v) is 20.8. The van der Waals surface area contributed by atoms with Gasteiger partial charge in [0.25, 0.3) is 5.91 Å². The van der Waals surface area contributed by atoms with Gasteiger partial charge in [-0.3, -0.25) is 9.69 Å². The fraction of sp³-hybridized carbons (Fsp3) is 0.536. The van der Waals surface area contributed by atoms with Crippen molar-refractivity contribution in [2.24, 2.45) is 0 Å². The number of aryl methyl sites for hydroxylation is 1. The second kappa shape index (κ2) is 11.7. The molecule has 0 saturated carbocycles. The molecule has 2 aliphatic rings. The second-order valence-corrected chi connectivity index (χ2v) is 9.39. The maximum atomic E-state index is 13.6. The van der Waals surface area contributed by atoms with E-state index in [-0.39, 0.29) is 18.1 Å². The highest BCUT2D eigenvalue weighted by Crippen LogP contribution is 2.29. The third-order valence-electron chi connectivity index (χ3n) is 7.23. The van der Waals surface area contributed by atoms with Gasteiger partial charge < -0.3 is 19.1 Å². The standard InChI is InChI=1S/C28H38N2O4/c1-21-19-23(32-2)14-13-22(21)20-29-15-7-6-10-25-27(33-3)12-8-16-30(25)28(31)24-9-4-5-11-26(24)34-18-17-29/h4-5,9,11,13-14,19,25,27H,6-8,10,12,15-18,20H2,1-3H3/t25-,27-/m0/s1. The predicted octanol–water partition coefficient (Wildman–Crippen LogP) is 4.69. The van der Waals surface area contributed by atoms with Crippen LogP contribution in [0.5, 0.6) is 11.5 Å². The summed E-state index contributed by atoms with van der Waals surface area (Å²) in [5.41, 5.74) is 3.19. The van der Waals surface area contributed by atoms with Crippen LogP contribution in [-0.4, -0.2) is 68.3 Å². The van der Waals surface area contributed by atoms with E-state index in [4.69, 9.17) is 14.2 Å². The second-order valence-electron chi connectivity index (χ2n) is 9.39. The molecule has 2 aromatic rings. The molecular weight excluding hydrogens is 428 g/mol. The summed E-state index contributed by atoms with van der Waals surface area (Å²) in [7, 11) is 3.48. The first kappa shape index (κ1) is 24.6. The summed E-state index contributed by atoms with van der Waals surface area (Å²) in [6, 6.07) is 14.1. The van der Waals surface area contributed by atoms with Crippen molar-refractivity contribution in [3.8, 4) is 11.5 Å². The van der Waals surface area contributed by atoms with Crippen LogP contribution in [-0.2, 0) is 11.3 Å². The molecule has 0 bridgehead atoms. The van der Waals surface area contributed by atoms with E-state index in [1.165, 1.54) is 11.1 Å². The van der Waals surface area contributed by atoms with E-state index >= 15 is 0 Å². The topological polar surface area (TPSA) is 51.2 Å². The number of piperidine rings is 1. The molecule has 34 heavy (non-hydrogen) atoms. The van der Waals surface area contributed by atoms with Crippen LogP contribution in [0.3, 0.4) is 0 Å². The molecule has 1 fully saturated rings. The van der Waals surface area contributed by atoms with Gasteiger partial charge in [-0.2, -0.15) is 0 Å². The van der Waals surface area contributed by atoms with Crippen LogP contribution in [0.25, 0.3) is 0 Å². The number of hydrogen-bond acceptors (Lipinski definition) is 5. The van der Waals surface area contributed by atoms with Gasteiger partial charge in [-0.1, -0.05) is 24.6 Å². The van der Waals surface area contributed by atoms with Crippen molar-refractivity contribution >= 4 is 5.91 Å². The van der Waals surface area contributed by atoms with Crippen molar-refractivity contribution in [3.63, 3.8) is 0 Å². The Morgan fingerprint density at radius 1 is 1.00 bits per heavy atom. The zero-order chi connectivity index (χ0) is 23.9. The van der Waals surface area contributed by atoms with Crippen molar-refractivity contribution in [2.75, 3.05) is 40.5 Å².